The van der Waals surface area contributed by atoms with Gasteiger partial charge in [-0.3, -0.25) is 0 Å². The van der Waals surface area contributed by atoms with E-state index in [1.165, 1.54) is 0 Å². The maximum absolute atomic E-state index is 12.5. The Morgan fingerprint density at radius 1 is 1.39 bits per heavy atom. The van der Waals surface area contributed by atoms with E-state index in [0.717, 1.165) is 32.4 Å². The molecular weight excluding hydrogens is 252 g/mol. The lowest BCUT2D eigenvalue weighted by Gasteiger charge is -2.28. The van der Waals surface area contributed by atoms with Gasteiger partial charge in [0.15, 0.2) is 0 Å². The van der Waals surface area contributed by atoms with Gasteiger partial charge in [0.1, 0.15) is 0 Å². The summed E-state index contributed by atoms with van der Waals surface area (Å²) >= 11 is 0. The molecule has 0 aromatic heterocycles. The molecular formula is C12H24N2O3S. The van der Waals surface area contributed by atoms with Crippen molar-refractivity contribution in [1.82, 2.24) is 9.62 Å². The van der Waals surface area contributed by atoms with Crippen LogP contribution in [0, 0.1) is 5.92 Å². The lowest BCUT2D eigenvalue weighted by atomic mass is 10.2. The fourth-order valence-electron chi connectivity index (χ4n) is 2.76. The SMILES string of the molecule is CCCN(C1CCNC1)S(=O)(=O)CC1CCOC1. The highest BCUT2D eigenvalue weighted by Gasteiger charge is 2.33. The van der Waals surface area contributed by atoms with Gasteiger partial charge < -0.3 is 10.1 Å². The Hall–Kier alpha value is -0.170. The first-order valence-electron chi connectivity index (χ1n) is 6.91. The molecule has 0 radical (unpaired) electrons. The molecule has 2 saturated heterocycles. The van der Waals surface area contributed by atoms with E-state index >= 15 is 0 Å². The number of ether oxygens (including phenoxy) is 1. The van der Waals surface area contributed by atoms with Crippen molar-refractivity contribution in [3.05, 3.63) is 0 Å². The second-order valence-electron chi connectivity index (χ2n) is 5.27. The van der Waals surface area contributed by atoms with E-state index in [1.54, 1.807) is 4.31 Å². The van der Waals surface area contributed by atoms with Crippen LogP contribution in [0.4, 0.5) is 0 Å². The standard InChI is InChI=1S/C12H24N2O3S/c1-2-6-14(12-3-5-13-8-12)18(15,16)10-11-4-7-17-9-11/h11-13H,2-10H2,1H3. The average Bonchev–Trinajstić information content (AvgIpc) is 2.97. The van der Waals surface area contributed by atoms with Crippen LogP contribution in [0.3, 0.4) is 0 Å². The number of hydrogen-bond acceptors (Lipinski definition) is 4. The van der Waals surface area contributed by atoms with Gasteiger partial charge in [0, 0.05) is 25.7 Å². The molecule has 0 spiro atoms. The lowest BCUT2D eigenvalue weighted by molar-refractivity contribution is 0.188. The Bertz CT molecular complexity index is 346. The highest BCUT2D eigenvalue weighted by molar-refractivity contribution is 7.89. The quantitative estimate of drug-likeness (QED) is 0.764. The summed E-state index contributed by atoms with van der Waals surface area (Å²) in [4.78, 5) is 0. The number of nitrogens with zero attached hydrogens (tertiary/aromatic N) is 1. The van der Waals surface area contributed by atoms with E-state index in [0.29, 0.717) is 19.8 Å². The summed E-state index contributed by atoms with van der Waals surface area (Å²) < 4.78 is 32.0. The molecule has 2 fully saturated rings. The van der Waals surface area contributed by atoms with Gasteiger partial charge in [-0.1, -0.05) is 6.92 Å². The predicted octanol–water partition coefficient (Wildman–Crippen LogP) is 0.427. The third-order valence-electron chi connectivity index (χ3n) is 3.71. The van der Waals surface area contributed by atoms with Gasteiger partial charge in [-0.25, -0.2) is 8.42 Å². The molecule has 0 aromatic carbocycles. The van der Waals surface area contributed by atoms with Gasteiger partial charge in [0.2, 0.25) is 10.0 Å². The molecule has 106 valence electrons. The van der Waals surface area contributed by atoms with Gasteiger partial charge in [0.25, 0.3) is 0 Å². The Balaban J connectivity index is 2.02. The zero-order valence-electron chi connectivity index (χ0n) is 11.1. The van der Waals surface area contributed by atoms with Crippen LogP contribution in [0.15, 0.2) is 0 Å². The molecule has 0 amide bonds. The summed E-state index contributed by atoms with van der Waals surface area (Å²) in [6.45, 7) is 5.69. The van der Waals surface area contributed by atoms with Crippen molar-refractivity contribution < 1.29 is 13.2 Å². The molecule has 6 heteroatoms. The minimum absolute atomic E-state index is 0.150. The maximum Gasteiger partial charge on any atom is 0.214 e. The van der Waals surface area contributed by atoms with Crippen LogP contribution >= 0.6 is 0 Å². The Morgan fingerprint density at radius 3 is 2.78 bits per heavy atom. The first-order chi connectivity index (χ1) is 8.63. The van der Waals surface area contributed by atoms with Crippen molar-refractivity contribution in [2.45, 2.75) is 32.2 Å². The molecule has 2 aliphatic heterocycles. The van der Waals surface area contributed by atoms with Crippen molar-refractivity contribution >= 4 is 10.0 Å². The van der Waals surface area contributed by atoms with E-state index in [-0.39, 0.29) is 17.7 Å². The van der Waals surface area contributed by atoms with Gasteiger partial charge in [-0.15, -0.1) is 0 Å². The molecule has 0 aliphatic carbocycles. The van der Waals surface area contributed by atoms with Crippen LogP contribution in [-0.2, 0) is 14.8 Å². The Labute approximate surface area is 110 Å². The van der Waals surface area contributed by atoms with Crippen molar-refractivity contribution in [3.63, 3.8) is 0 Å². The summed E-state index contributed by atoms with van der Waals surface area (Å²) in [6, 6.07) is 0.150. The van der Waals surface area contributed by atoms with E-state index in [9.17, 15) is 8.42 Å². The molecule has 5 nitrogen and oxygen atoms in total. The van der Waals surface area contributed by atoms with Crippen LogP contribution in [0.2, 0.25) is 0 Å². The van der Waals surface area contributed by atoms with Crippen molar-refractivity contribution in [2.75, 3.05) is 38.6 Å². The van der Waals surface area contributed by atoms with Crippen LogP contribution < -0.4 is 5.32 Å². The highest BCUT2D eigenvalue weighted by atomic mass is 32.2. The lowest BCUT2D eigenvalue weighted by Crippen LogP contribution is -2.44. The highest BCUT2D eigenvalue weighted by Crippen LogP contribution is 2.20. The molecule has 2 rings (SSSR count). The minimum Gasteiger partial charge on any atom is -0.381 e. The number of nitrogens with one attached hydrogen (secondary N) is 1. The van der Waals surface area contributed by atoms with Crippen molar-refractivity contribution in [2.24, 2.45) is 5.92 Å². The van der Waals surface area contributed by atoms with E-state index in [2.05, 4.69) is 5.32 Å². The third-order valence-corrected chi connectivity index (χ3v) is 5.80. The second-order valence-corrected chi connectivity index (χ2v) is 7.23. The molecule has 18 heavy (non-hydrogen) atoms. The van der Waals surface area contributed by atoms with Crippen LogP contribution in [0.5, 0.6) is 0 Å². The molecule has 0 aromatic rings. The number of rotatable bonds is 6. The summed E-state index contributed by atoms with van der Waals surface area (Å²) in [6.07, 6.45) is 2.68. The van der Waals surface area contributed by atoms with E-state index < -0.39 is 10.0 Å². The molecule has 0 saturated carbocycles. The Morgan fingerprint density at radius 2 is 2.22 bits per heavy atom. The average molecular weight is 276 g/mol. The zero-order valence-corrected chi connectivity index (χ0v) is 11.9. The topological polar surface area (TPSA) is 58.6 Å². The summed E-state index contributed by atoms with van der Waals surface area (Å²) in [7, 11) is -3.14. The minimum atomic E-state index is -3.14. The largest absolute Gasteiger partial charge is 0.381 e. The first-order valence-corrected chi connectivity index (χ1v) is 8.52. The van der Waals surface area contributed by atoms with Crippen LogP contribution in [0.1, 0.15) is 26.2 Å². The smallest absolute Gasteiger partial charge is 0.214 e. The normalized spacial score (nSPS) is 29.2. The third kappa shape index (κ3) is 3.44. The molecule has 0 bridgehead atoms. The first kappa shape index (κ1) is 14.2. The fraction of sp³-hybridized carbons (Fsp3) is 1.00. The molecule has 1 N–H and O–H groups in total. The zero-order chi connectivity index (χ0) is 13.0. The summed E-state index contributed by atoms with van der Waals surface area (Å²) in [5.74, 6) is 0.437. The molecule has 2 heterocycles. The van der Waals surface area contributed by atoms with Gasteiger partial charge in [-0.2, -0.15) is 4.31 Å². The second kappa shape index (κ2) is 6.32. The van der Waals surface area contributed by atoms with Crippen molar-refractivity contribution in [3.8, 4) is 0 Å². The van der Waals surface area contributed by atoms with Gasteiger partial charge in [-0.05, 0) is 31.7 Å². The van der Waals surface area contributed by atoms with Crippen LogP contribution in [0.25, 0.3) is 0 Å². The van der Waals surface area contributed by atoms with Crippen LogP contribution in [-0.4, -0.2) is 57.4 Å². The number of sulfonamides is 1. The van der Waals surface area contributed by atoms with Crippen molar-refractivity contribution in [1.29, 1.82) is 0 Å². The fourth-order valence-corrected chi connectivity index (χ4v) is 4.91. The molecule has 2 aliphatic rings. The summed E-state index contributed by atoms with van der Waals surface area (Å²) in [5.41, 5.74) is 0. The predicted molar refractivity (Wildman–Crippen MR) is 71.0 cm³/mol. The van der Waals surface area contributed by atoms with E-state index in [1.807, 2.05) is 6.92 Å². The molecule has 2 atom stereocenters. The summed E-state index contributed by atoms with van der Waals surface area (Å²) in [5, 5.41) is 3.25. The maximum atomic E-state index is 12.5. The number of hydrogen-bond donors (Lipinski definition) is 1. The van der Waals surface area contributed by atoms with Gasteiger partial charge >= 0.3 is 0 Å². The molecule has 2 unspecified atom stereocenters. The van der Waals surface area contributed by atoms with Gasteiger partial charge in [0.05, 0.1) is 12.4 Å². The monoisotopic (exact) mass is 276 g/mol. The van der Waals surface area contributed by atoms with E-state index in [4.69, 9.17) is 4.74 Å². The Kier molecular flexibility index (Phi) is 5.00.